The van der Waals surface area contributed by atoms with Crippen molar-refractivity contribution >= 4 is 17.3 Å². The van der Waals surface area contributed by atoms with Gasteiger partial charge in [0, 0.05) is 38.2 Å². The zero-order chi connectivity index (χ0) is 25.1. The van der Waals surface area contributed by atoms with E-state index in [1.165, 1.54) is 6.07 Å². The molecule has 7 heteroatoms. The molecule has 0 aliphatic carbocycles. The van der Waals surface area contributed by atoms with Gasteiger partial charge in [-0.3, -0.25) is 9.69 Å². The minimum atomic E-state index is -0.209. The van der Waals surface area contributed by atoms with E-state index >= 15 is 0 Å². The fourth-order valence-corrected chi connectivity index (χ4v) is 5.04. The van der Waals surface area contributed by atoms with Crippen LogP contribution in [0.4, 0.5) is 10.1 Å². The van der Waals surface area contributed by atoms with E-state index in [0.717, 1.165) is 28.2 Å². The van der Waals surface area contributed by atoms with Gasteiger partial charge in [0.25, 0.3) is 5.91 Å². The Labute approximate surface area is 211 Å². The molecule has 36 heavy (non-hydrogen) atoms. The van der Waals surface area contributed by atoms with Crippen LogP contribution in [0.15, 0.2) is 77.9 Å². The van der Waals surface area contributed by atoms with Crippen molar-refractivity contribution in [3.05, 3.63) is 95.3 Å². The second-order valence-electron chi connectivity index (χ2n) is 9.31. The summed E-state index contributed by atoms with van der Waals surface area (Å²) >= 11 is 0. The molecular formula is C29H31FN4O2. The largest absolute Gasteiger partial charge is 0.497 e. The van der Waals surface area contributed by atoms with Crippen molar-refractivity contribution in [3.8, 4) is 5.75 Å². The van der Waals surface area contributed by atoms with Gasteiger partial charge in [0.15, 0.2) is 0 Å². The zero-order valence-corrected chi connectivity index (χ0v) is 20.7. The van der Waals surface area contributed by atoms with Crippen LogP contribution in [0, 0.1) is 12.7 Å². The fourth-order valence-electron chi connectivity index (χ4n) is 5.04. The van der Waals surface area contributed by atoms with Crippen molar-refractivity contribution < 1.29 is 13.9 Å². The number of amides is 1. The molecule has 2 aliphatic rings. The highest BCUT2D eigenvalue weighted by molar-refractivity contribution is 6.03. The molecular weight excluding hydrogens is 455 g/mol. The van der Waals surface area contributed by atoms with Gasteiger partial charge in [-0.1, -0.05) is 48.5 Å². The maximum Gasteiger partial charge on any atom is 0.257 e. The van der Waals surface area contributed by atoms with Gasteiger partial charge in [0.1, 0.15) is 11.6 Å². The summed E-state index contributed by atoms with van der Waals surface area (Å²) in [6.07, 6.45) is 0.644. The van der Waals surface area contributed by atoms with Crippen LogP contribution in [0.2, 0.25) is 0 Å². The van der Waals surface area contributed by atoms with E-state index in [4.69, 9.17) is 9.84 Å². The Morgan fingerprint density at radius 1 is 1.00 bits per heavy atom. The first-order chi connectivity index (χ1) is 17.5. The number of hydrogen-bond donors (Lipinski definition) is 0. The first-order valence-corrected chi connectivity index (χ1v) is 12.3. The molecule has 1 unspecified atom stereocenters. The van der Waals surface area contributed by atoms with E-state index < -0.39 is 0 Å². The molecule has 5 rings (SSSR count). The quantitative estimate of drug-likeness (QED) is 0.509. The molecule has 1 fully saturated rings. The summed E-state index contributed by atoms with van der Waals surface area (Å²) in [6, 6.07) is 22.7. The van der Waals surface area contributed by atoms with Gasteiger partial charge in [-0.05, 0) is 42.3 Å². The minimum Gasteiger partial charge on any atom is -0.497 e. The van der Waals surface area contributed by atoms with Crippen molar-refractivity contribution in [1.82, 2.24) is 9.91 Å². The maximum atomic E-state index is 14.2. The van der Waals surface area contributed by atoms with E-state index in [-0.39, 0.29) is 24.3 Å². The summed E-state index contributed by atoms with van der Waals surface area (Å²) in [4.78, 5) is 17.8. The Kier molecular flexibility index (Phi) is 7.00. The van der Waals surface area contributed by atoms with Crippen molar-refractivity contribution in [2.24, 2.45) is 5.10 Å². The molecule has 6 nitrogen and oxygen atoms in total. The molecule has 3 aromatic carbocycles. The van der Waals surface area contributed by atoms with E-state index in [2.05, 4.69) is 24.0 Å². The molecule has 0 N–H and O–H groups in total. The SMILES string of the molecule is COc1cccc(C2=NN(C(=O)CN3CCN(c4ccccc4F)CC3)C(c3ccccc3C)C2)c1. The Balaban J connectivity index is 1.33. The lowest BCUT2D eigenvalue weighted by molar-refractivity contribution is -0.134. The molecule has 3 aromatic rings. The monoisotopic (exact) mass is 486 g/mol. The highest BCUT2D eigenvalue weighted by Crippen LogP contribution is 2.35. The number of halogens is 1. The molecule has 0 radical (unpaired) electrons. The van der Waals surface area contributed by atoms with Crippen molar-refractivity contribution in [1.29, 1.82) is 0 Å². The Morgan fingerprint density at radius 3 is 2.50 bits per heavy atom. The molecule has 1 atom stereocenters. The number of carbonyl (C=O) groups is 1. The lowest BCUT2D eigenvalue weighted by Gasteiger charge is -2.36. The van der Waals surface area contributed by atoms with Gasteiger partial charge in [0.2, 0.25) is 0 Å². The molecule has 1 amide bonds. The van der Waals surface area contributed by atoms with Gasteiger partial charge in [-0.15, -0.1) is 0 Å². The average molecular weight is 487 g/mol. The predicted molar refractivity (Wildman–Crippen MR) is 140 cm³/mol. The van der Waals surface area contributed by atoms with Crippen LogP contribution in [0.5, 0.6) is 5.75 Å². The minimum absolute atomic E-state index is 0.0273. The van der Waals surface area contributed by atoms with Crippen LogP contribution in [0.3, 0.4) is 0 Å². The molecule has 0 bridgehead atoms. The third-order valence-electron chi connectivity index (χ3n) is 7.04. The number of benzene rings is 3. The van der Waals surface area contributed by atoms with Crippen molar-refractivity contribution in [2.75, 3.05) is 44.7 Å². The zero-order valence-electron chi connectivity index (χ0n) is 20.7. The van der Waals surface area contributed by atoms with Crippen LogP contribution >= 0.6 is 0 Å². The van der Waals surface area contributed by atoms with E-state index in [1.807, 2.05) is 53.4 Å². The first-order valence-electron chi connectivity index (χ1n) is 12.3. The predicted octanol–water partition coefficient (Wildman–Crippen LogP) is 4.64. The average Bonchev–Trinajstić information content (AvgIpc) is 3.35. The smallest absolute Gasteiger partial charge is 0.257 e. The van der Waals surface area contributed by atoms with Crippen molar-refractivity contribution in [3.63, 3.8) is 0 Å². The lowest BCUT2D eigenvalue weighted by Crippen LogP contribution is -2.49. The molecule has 2 aliphatic heterocycles. The van der Waals surface area contributed by atoms with E-state index in [1.54, 1.807) is 18.2 Å². The highest BCUT2D eigenvalue weighted by Gasteiger charge is 2.35. The summed E-state index contributed by atoms with van der Waals surface area (Å²) in [7, 11) is 1.65. The van der Waals surface area contributed by atoms with E-state index in [0.29, 0.717) is 38.3 Å². The fraction of sp³-hybridized carbons (Fsp3) is 0.310. The number of nitrogens with zero attached hydrogens (tertiary/aromatic N) is 4. The molecule has 1 saturated heterocycles. The van der Waals surface area contributed by atoms with Crippen LogP contribution in [0.1, 0.15) is 29.2 Å². The summed E-state index contributed by atoms with van der Waals surface area (Å²) in [6.45, 7) is 5.08. The normalized spacial score (nSPS) is 18.3. The van der Waals surface area contributed by atoms with E-state index in [9.17, 15) is 9.18 Å². The van der Waals surface area contributed by atoms with Gasteiger partial charge >= 0.3 is 0 Å². The maximum absolute atomic E-state index is 14.2. The van der Waals surface area contributed by atoms with Gasteiger partial charge in [0.05, 0.1) is 31.1 Å². The summed E-state index contributed by atoms with van der Waals surface area (Å²) in [5.74, 6) is 0.528. The third kappa shape index (κ3) is 4.97. The summed E-state index contributed by atoms with van der Waals surface area (Å²) in [5, 5.41) is 6.50. The number of rotatable bonds is 6. The Morgan fingerprint density at radius 2 is 1.75 bits per heavy atom. The topological polar surface area (TPSA) is 48.4 Å². The van der Waals surface area contributed by atoms with Gasteiger partial charge in [-0.25, -0.2) is 9.40 Å². The number of aryl methyl sites for hydroxylation is 1. The standard InChI is InChI=1S/C29H31FN4O2/c1-21-8-3-4-11-24(21)28-19-26(22-9-7-10-23(18-22)36-2)31-34(28)29(35)20-32-14-16-33(17-15-32)27-13-6-5-12-25(27)30/h3-13,18,28H,14-17,19-20H2,1-2H3. The number of piperazine rings is 1. The number of ether oxygens (including phenoxy) is 1. The van der Waals surface area contributed by atoms with Crippen LogP contribution < -0.4 is 9.64 Å². The first kappa shape index (κ1) is 24.0. The number of para-hydroxylation sites is 1. The number of methoxy groups -OCH3 is 1. The van der Waals surface area contributed by atoms with Crippen LogP contribution in [0.25, 0.3) is 0 Å². The Hall–Kier alpha value is -3.71. The Bertz CT molecular complexity index is 1270. The number of anilines is 1. The number of hydrogen-bond acceptors (Lipinski definition) is 5. The highest BCUT2D eigenvalue weighted by atomic mass is 19.1. The number of hydrazone groups is 1. The molecule has 2 heterocycles. The van der Waals surface area contributed by atoms with Crippen LogP contribution in [-0.2, 0) is 4.79 Å². The summed E-state index contributed by atoms with van der Waals surface area (Å²) < 4.78 is 19.6. The van der Waals surface area contributed by atoms with Crippen molar-refractivity contribution in [2.45, 2.75) is 19.4 Å². The molecule has 186 valence electrons. The third-order valence-corrected chi connectivity index (χ3v) is 7.04. The van der Waals surface area contributed by atoms with Crippen LogP contribution in [-0.4, -0.2) is 61.4 Å². The molecule has 0 saturated carbocycles. The molecule has 0 aromatic heterocycles. The molecule has 0 spiro atoms. The van der Waals surface area contributed by atoms with Gasteiger partial charge in [-0.2, -0.15) is 5.10 Å². The van der Waals surface area contributed by atoms with Gasteiger partial charge < -0.3 is 9.64 Å². The summed E-state index contributed by atoms with van der Waals surface area (Å²) in [5.41, 5.74) is 4.70. The second kappa shape index (κ2) is 10.5. The number of carbonyl (C=O) groups excluding carboxylic acids is 1. The lowest BCUT2D eigenvalue weighted by atomic mass is 9.95. The second-order valence-corrected chi connectivity index (χ2v) is 9.31.